The zero-order chi connectivity index (χ0) is 22.7. The summed E-state index contributed by atoms with van der Waals surface area (Å²) in [4.78, 5) is 12.3. The van der Waals surface area contributed by atoms with Crippen molar-refractivity contribution in [3.05, 3.63) is 77.3 Å². The lowest BCUT2D eigenvalue weighted by Gasteiger charge is -2.11. The second-order valence-corrected chi connectivity index (χ2v) is 7.45. The second-order valence-electron chi connectivity index (χ2n) is 7.01. The van der Waals surface area contributed by atoms with E-state index in [9.17, 15) is 10.1 Å². The minimum absolute atomic E-state index is 0.384. The zero-order valence-electron chi connectivity index (χ0n) is 17.6. The summed E-state index contributed by atoms with van der Waals surface area (Å²) < 4.78 is 12.7. The number of carbonyl (C=O) groups excluding carboxylic acids is 1. The van der Waals surface area contributed by atoms with Gasteiger partial charge in [0, 0.05) is 34.3 Å². The van der Waals surface area contributed by atoms with Crippen molar-refractivity contribution in [1.29, 1.82) is 5.26 Å². The first-order valence-corrected chi connectivity index (χ1v) is 10.4. The predicted molar refractivity (Wildman–Crippen MR) is 125 cm³/mol. The van der Waals surface area contributed by atoms with E-state index >= 15 is 0 Å². The van der Waals surface area contributed by atoms with Crippen molar-refractivity contribution in [1.82, 2.24) is 4.57 Å². The third-order valence-electron chi connectivity index (χ3n) is 5.11. The Morgan fingerprint density at radius 1 is 1.09 bits per heavy atom. The number of amides is 1. The number of rotatable bonds is 5. The summed E-state index contributed by atoms with van der Waals surface area (Å²) in [5.41, 5.74) is 3.64. The van der Waals surface area contributed by atoms with E-state index in [1.165, 1.54) is 0 Å². The Balaban J connectivity index is 1.69. The molecule has 0 saturated carbocycles. The van der Waals surface area contributed by atoms with E-state index in [4.69, 9.17) is 21.1 Å². The van der Waals surface area contributed by atoms with Crippen molar-refractivity contribution in [3.8, 4) is 28.8 Å². The molecule has 0 spiro atoms. The number of ether oxygens (including phenoxy) is 2. The number of nitrogens with one attached hydrogen (secondary N) is 1. The van der Waals surface area contributed by atoms with Gasteiger partial charge in [0.2, 0.25) is 0 Å². The molecule has 4 rings (SSSR count). The molecular formula is C25H20ClN3O3. The lowest BCUT2D eigenvalue weighted by molar-refractivity contribution is 0.215. The fourth-order valence-electron chi connectivity index (χ4n) is 3.70. The summed E-state index contributed by atoms with van der Waals surface area (Å²) in [5, 5.41) is 14.1. The number of hydrogen-bond acceptors (Lipinski definition) is 4. The second kappa shape index (κ2) is 9.04. The van der Waals surface area contributed by atoms with Crippen LogP contribution in [0.3, 0.4) is 0 Å². The minimum Gasteiger partial charge on any atom is -0.497 e. The van der Waals surface area contributed by atoms with Gasteiger partial charge in [-0.15, -0.1) is 0 Å². The largest absolute Gasteiger partial charge is 0.497 e. The van der Waals surface area contributed by atoms with Crippen LogP contribution in [0.25, 0.3) is 22.2 Å². The molecule has 1 heterocycles. The lowest BCUT2D eigenvalue weighted by Crippen LogP contribution is -2.16. The van der Waals surface area contributed by atoms with Crippen molar-refractivity contribution >= 4 is 34.3 Å². The molecule has 0 atom stereocenters. The summed E-state index contributed by atoms with van der Waals surface area (Å²) >= 11 is 5.86. The average molecular weight is 446 g/mol. The van der Waals surface area contributed by atoms with Crippen LogP contribution < -0.4 is 14.8 Å². The number of nitriles is 1. The number of carbonyl (C=O) groups is 1. The number of hydrogen-bond donors (Lipinski definition) is 1. The SMILES string of the molecule is CCn1c(-c2cccc(NC(=O)Oc3ccc(Cl)cc3)c2)c(C#N)c2ccc(OC)cc21. The molecule has 1 amide bonds. The van der Waals surface area contributed by atoms with Crippen LogP contribution in [0.4, 0.5) is 10.5 Å². The topological polar surface area (TPSA) is 76.3 Å². The molecule has 32 heavy (non-hydrogen) atoms. The fraction of sp³-hybridized carbons (Fsp3) is 0.120. The zero-order valence-corrected chi connectivity index (χ0v) is 18.3. The molecule has 0 fully saturated rings. The van der Waals surface area contributed by atoms with Crippen molar-refractivity contribution < 1.29 is 14.3 Å². The molecule has 6 nitrogen and oxygen atoms in total. The highest BCUT2D eigenvalue weighted by Gasteiger charge is 2.19. The van der Waals surface area contributed by atoms with E-state index in [0.717, 1.165) is 27.9 Å². The molecule has 160 valence electrons. The maximum absolute atomic E-state index is 12.3. The lowest BCUT2D eigenvalue weighted by atomic mass is 10.1. The quantitative estimate of drug-likeness (QED) is 0.381. The monoisotopic (exact) mass is 445 g/mol. The third-order valence-corrected chi connectivity index (χ3v) is 5.36. The Morgan fingerprint density at radius 2 is 1.84 bits per heavy atom. The predicted octanol–water partition coefficient (Wildman–Crippen LogP) is 6.47. The van der Waals surface area contributed by atoms with Gasteiger partial charge in [-0.3, -0.25) is 5.32 Å². The van der Waals surface area contributed by atoms with Gasteiger partial charge in [-0.1, -0.05) is 23.7 Å². The number of fused-ring (bicyclic) bond motifs is 1. The molecule has 0 aliphatic heterocycles. The summed E-state index contributed by atoms with van der Waals surface area (Å²) in [6.45, 7) is 2.69. The minimum atomic E-state index is -0.620. The number of aryl methyl sites for hydroxylation is 1. The fourth-order valence-corrected chi connectivity index (χ4v) is 3.82. The third kappa shape index (κ3) is 4.11. The van der Waals surface area contributed by atoms with Crippen LogP contribution in [0.1, 0.15) is 12.5 Å². The Kier molecular flexibility index (Phi) is 6.02. The molecule has 4 aromatic rings. The van der Waals surface area contributed by atoms with Gasteiger partial charge in [-0.2, -0.15) is 5.26 Å². The number of nitrogens with zero attached hydrogens (tertiary/aromatic N) is 2. The highest BCUT2D eigenvalue weighted by atomic mass is 35.5. The van der Waals surface area contributed by atoms with Crippen LogP contribution in [0.15, 0.2) is 66.7 Å². The average Bonchev–Trinajstić information content (AvgIpc) is 3.13. The molecule has 0 radical (unpaired) electrons. The van der Waals surface area contributed by atoms with Crippen molar-refractivity contribution in [3.63, 3.8) is 0 Å². The van der Waals surface area contributed by atoms with Crippen LogP contribution in [0.5, 0.6) is 11.5 Å². The number of anilines is 1. The molecule has 0 saturated heterocycles. The van der Waals surface area contributed by atoms with Crippen LogP contribution in [-0.4, -0.2) is 17.8 Å². The maximum atomic E-state index is 12.3. The van der Waals surface area contributed by atoms with E-state index in [-0.39, 0.29) is 0 Å². The van der Waals surface area contributed by atoms with Gasteiger partial charge < -0.3 is 14.0 Å². The molecule has 0 aliphatic carbocycles. The first kappa shape index (κ1) is 21.3. The van der Waals surface area contributed by atoms with E-state index in [1.54, 1.807) is 37.4 Å². The van der Waals surface area contributed by atoms with Gasteiger partial charge >= 0.3 is 6.09 Å². The van der Waals surface area contributed by atoms with Crippen LogP contribution in [0.2, 0.25) is 5.02 Å². The molecule has 7 heteroatoms. The van der Waals surface area contributed by atoms with E-state index in [0.29, 0.717) is 28.6 Å². The molecule has 0 unspecified atom stereocenters. The van der Waals surface area contributed by atoms with Crippen LogP contribution >= 0.6 is 11.6 Å². The highest BCUT2D eigenvalue weighted by Crippen LogP contribution is 2.36. The summed E-state index contributed by atoms with van der Waals surface area (Å²) in [5.74, 6) is 1.11. The number of aromatic nitrogens is 1. The van der Waals surface area contributed by atoms with E-state index in [2.05, 4.69) is 16.0 Å². The first-order valence-electron chi connectivity index (χ1n) is 9.99. The smallest absolute Gasteiger partial charge is 0.417 e. The Bertz CT molecular complexity index is 1340. The van der Waals surface area contributed by atoms with Gasteiger partial charge in [0.15, 0.2) is 0 Å². The molecular weight excluding hydrogens is 426 g/mol. The maximum Gasteiger partial charge on any atom is 0.417 e. The number of benzene rings is 3. The van der Waals surface area contributed by atoms with Crippen LogP contribution in [0, 0.1) is 11.3 Å². The Hall–Kier alpha value is -3.95. The van der Waals surface area contributed by atoms with Crippen LogP contribution in [-0.2, 0) is 6.54 Å². The highest BCUT2D eigenvalue weighted by molar-refractivity contribution is 6.30. The van der Waals surface area contributed by atoms with Crippen molar-refractivity contribution in [2.75, 3.05) is 12.4 Å². The number of halogens is 1. The van der Waals surface area contributed by atoms with Gasteiger partial charge in [0.05, 0.1) is 23.9 Å². The Labute approximate surface area is 190 Å². The van der Waals surface area contributed by atoms with Gasteiger partial charge in [-0.05, 0) is 55.5 Å². The van der Waals surface area contributed by atoms with E-state index < -0.39 is 6.09 Å². The van der Waals surface area contributed by atoms with Gasteiger partial charge in [0.25, 0.3) is 0 Å². The molecule has 3 aromatic carbocycles. The van der Waals surface area contributed by atoms with Gasteiger partial charge in [-0.25, -0.2) is 4.79 Å². The van der Waals surface area contributed by atoms with Crippen molar-refractivity contribution in [2.24, 2.45) is 0 Å². The normalized spacial score (nSPS) is 10.6. The summed E-state index contributed by atoms with van der Waals surface area (Å²) in [6, 6.07) is 21.9. The molecule has 0 aliphatic rings. The summed E-state index contributed by atoms with van der Waals surface area (Å²) in [7, 11) is 1.62. The van der Waals surface area contributed by atoms with Crippen molar-refractivity contribution in [2.45, 2.75) is 13.5 Å². The molecule has 1 N–H and O–H groups in total. The first-order chi connectivity index (χ1) is 15.5. The van der Waals surface area contributed by atoms with Gasteiger partial charge in [0.1, 0.15) is 17.6 Å². The molecule has 1 aromatic heterocycles. The summed E-state index contributed by atoms with van der Waals surface area (Å²) in [6.07, 6.45) is -0.620. The number of methoxy groups -OCH3 is 1. The molecule has 0 bridgehead atoms. The Morgan fingerprint density at radius 3 is 2.53 bits per heavy atom. The van der Waals surface area contributed by atoms with E-state index in [1.807, 2.05) is 43.3 Å². The standard InChI is InChI=1S/C25H20ClN3O3/c1-3-29-23-14-20(31-2)11-12-21(23)22(15-27)24(29)16-5-4-6-18(13-16)28-25(30)32-19-9-7-17(26)8-10-19/h4-14H,3H2,1-2H3,(H,28,30).